The molecule has 0 bridgehead atoms. The number of carbonyl (C=O) groups excluding carboxylic acids is 1. The van der Waals surface area contributed by atoms with Crippen molar-refractivity contribution in [3.05, 3.63) is 62.6 Å². The summed E-state index contributed by atoms with van der Waals surface area (Å²) in [6.45, 7) is 7.90. The Morgan fingerprint density at radius 2 is 1.94 bits per heavy atom. The van der Waals surface area contributed by atoms with Gasteiger partial charge in [-0.3, -0.25) is 4.79 Å². The molecule has 8 heteroatoms. The van der Waals surface area contributed by atoms with Crippen molar-refractivity contribution < 1.29 is 4.79 Å². The first-order valence-corrected chi connectivity index (χ1v) is 12.4. The van der Waals surface area contributed by atoms with Crippen LogP contribution in [0.5, 0.6) is 0 Å². The van der Waals surface area contributed by atoms with E-state index in [1.165, 1.54) is 4.88 Å². The fourth-order valence-corrected chi connectivity index (χ4v) is 5.20. The maximum Gasteiger partial charge on any atom is 0.273 e. The van der Waals surface area contributed by atoms with Crippen LogP contribution in [-0.4, -0.2) is 39.0 Å². The second kappa shape index (κ2) is 9.09. The highest BCUT2D eigenvalue weighted by Crippen LogP contribution is 2.38. The van der Waals surface area contributed by atoms with E-state index in [0.717, 1.165) is 29.0 Å². The molecular weight excluding hydrogens is 475 g/mol. The minimum atomic E-state index is -0.718. The molecule has 1 amide bonds. The number of aliphatic imine (C=N–C) groups is 1. The summed E-state index contributed by atoms with van der Waals surface area (Å²) in [7, 11) is 1.87. The van der Waals surface area contributed by atoms with Gasteiger partial charge in [-0.25, -0.2) is 4.68 Å². The molecule has 3 aromatic rings. The van der Waals surface area contributed by atoms with Gasteiger partial charge in [0.15, 0.2) is 5.84 Å². The number of aromatic nitrogens is 2. The fourth-order valence-electron chi connectivity index (χ4n) is 3.69. The van der Waals surface area contributed by atoms with E-state index in [4.69, 9.17) is 28.3 Å². The Bertz CT molecular complexity index is 1290. The highest BCUT2D eigenvalue weighted by molar-refractivity contribution is 7.16. The van der Waals surface area contributed by atoms with E-state index in [2.05, 4.69) is 36.2 Å². The summed E-state index contributed by atoms with van der Waals surface area (Å²) >= 11 is 14.4. The molecule has 4 rings (SSSR count). The summed E-state index contributed by atoms with van der Waals surface area (Å²) < 4.78 is 1.83. The van der Waals surface area contributed by atoms with Crippen molar-refractivity contribution >= 4 is 52.4 Å². The van der Waals surface area contributed by atoms with Crippen molar-refractivity contribution in [1.82, 2.24) is 14.7 Å². The summed E-state index contributed by atoms with van der Waals surface area (Å²) in [5, 5.41) is 5.97. The van der Waals surface area contributed by atoms with E-state index in [0.29, 0.717) is 27.3 Å². The molecule has 0 saturated heterocycles. The van der Waals surface area contributed by atoms with Crippen LogP contribution < -0.4 is 0 Å². The van der Waals surface area contributed by atoms with Crippen LogP contribution in [-0.2, 0) is 4.79 Å². The summed E-state index contributed by atoms with van der Waals surface area (Å²) in [4.78, 5) is 21.0. The van der Waals surface area contributed by atoms with E-state index >= 15 is 0 Å². The lowest BCUT2D eigenvalue weighted by molar-refractivity contribution is -0.123. The first-order chi connectivity index (χ1) is 15.6. The summed E-state index contributed by atoms with van der Waals surface area (Å²) in [6.07, 6.45) is 6.51. The van der Waals surface area contributed by atoms with Gasteiger partial charge in [-0.15, -0.1) is 11.3 Å². The van der Waals surface area contributed by atoms with Gasteiger partial charge in [0.25, 0.3) is 5.91 Å². The van der Waals surface area contributed by atoms with Crippen molar-refractivity contribution in [1.29, 1.82) is 0 Å². The topological polar surface area (TPSA) is 50.5 Å². The number of rotatable bonds is 6. The number of amidine groups is 1. The van der Waals surface area contributed by atoms with E-state index in [-0.39, 0.29) is 5.91 Å². The van der Waals surface area contributed by atoms with Crippen LogP contribution in [0.2, 0.25) is 10.0 Å². The molecule has 1 aromatic carbocycles. The molecule has 1 aliphatic rings. The summed E-state index contributed by atoms with van der Waals surface area (Å²) in [6, 6.07) is 9.56. The zero-order chi connectivity index (χ0) is 23.9. The Balaban J connectivity index is 1.90. The van der Waals surface area contributed by atoms with Crippen LogP contribution in [0.15, 0.2) is 41.4 Å². The average molecular weight is 501 g/mol. The Kier molecular flexibility index (Phi) is 6.54. The summed E-state index contributed by atoms with van der Waals surface area (Å²) in [5.74, 6) is 0.381. The van der Waals surface area contributed by atoms with E-state index < -0.39 is 5.54 Å². The quantitative estimate of drug-likeness (QED) is 0.365. The molecule has 0 aliphatic carbocycles. The molecule has 3 heterocycles. The molecule has 0 spiro atoms. The maximum absolute atomic E-state index is 12.5. The number of benzene rings is 1. The highest BCUT2D eigenvalue weighted by atomic mass is 35.5. The van der Waals surface area contributed by atoms with Gasteiger partial charge in [-0.05, 0) is 63.6 Å². The van der Waals surface area contributed by atoms with Crippen molar-refractivity contribution in [2.75, 3.05) is 7.05 Å². The SMILES string of the molecule is CCCC=Cc1ccc(-c2c(C)c(C3=NC(=O)C(C)(C)N3C)nn2-c2ccc(Cl)cc2Cl)s1. The van der Waals surface area contributed by atoms with Gasteiger partial charge in [0, 0.05) is 22.5 Å². The highest BCUT2D eigenvalue weighted by Gasteiger charge is 2.42. The Morgan fingerprint density at radius 3 is 2.58 bits per heavy atom. The minimum absolute atomic E-state index is 0.181. The molecule has 0 radical (unpaired) electrons. The van der Waals surface area contributed by atoms with Crippen LogP contribution in [0, 0.1) is 6.92 Å². The van der Waals surface area contributed by atoms with Crippen molar-refractivity contribution in [2.24, 2.45) is 4.99 Å². The van der Waals surface area contributed by atoms with Gasteiger partial charge in [-0.1, -0.05) is 42.6 Å². The van der Waals surface area contributed by atoms with Crippen LogP contribution in [0.3, 0.4) is 0 Å². The van der Waals surface area contributed by atoms with Gasteiger partial charge in [0.2, 0.25) is 0 Å². The van der Waals surface area contributed by atoms with Crippen molar-refractivity contribution in [3.8, 4) is 16.3 Å². The van der Waals surface area contributed by atoms with Crippen LogP contribution >= 0.6 is 34.5 Å². The smallest absolute Gasteiger partial charge is 0.273 e. The molecule has 0 fully saturated rings. The predicted octanol–water partition coefficient (Wildman–Crippen LogP) is 7.03. The number of carbonyl (C=O) groups is 1. The second-order valence-corrected chi connectivity index (χ2v) is 10.5. The van der Waals surface area contributed by atoms with Gasteiger partial charge in [0.05, 0.1) is 21.3 Å². The van der Waals surface area contributed by atoms with Crippen molar-refractivity contribution in [3.63, 3.8) is 0 Å². The van der Waals surface area contributed by atoms with Crippen LogP contribution in [0.4, 0.5) is 0 Å². The Labute approximate surface area is 208 Å². The number of nitrogens with zero attached hydrogens (tertiary/aromatic N) is 4. The lowest BCUT2D eigenvalue weighted by Crippen LogP contribution is -2.44. The van der Waals surface area contributed by atoms with E-state index in [1.54, 1.807) is 23.5 Å². The van der Waals surface area contributed by atoms with Gasteiger partial charge < -0.3 is 4.90 Å². The normalized spacial score (nSPS) is 15.7. The standard InChI is InChI=1S/C25H26Cl2N4OS/c1-6-7-8-9-17-11-13-20(33-17)22-15(2)21(23-28-24(32)25(3,4)30(23)5)29-31(22)19-12-10-16(26)14-18(19)27/h8-14H,6-7H2,1-5H3. The average Bonchev–Trinajstić information content (AvgIpc) is 3.40. The number of amides is 1. The monoisotopic (exact) mass is 500 g/mol. The molecule has 172 valence electrons. The second-order valence-electron chi connectivity index (χ2n) is 8.58. The number of hydrogen-bond acceptors (Lipinski definition) is 4. The van der Waals surface area contributed by atoms with Gasteiger partial charge in [-0.2, -0.15) is 10.1 Å². The summed E-state index contributed by atoms with van der Waals surface area (Å²) in [5.41, 5.74) is 2.51. The Morgan fingerprint density at radius 1 is 1.18 bits per heavy atom. The molecular formula is C25H26Cl2N4OS. The van der Waals surface area contributed by atoms with Gasteiger partial charge >= 0.3 is 0 Å². The predicted molar refractivity (Wildman–Crippen MR) is 139 cm³/mol. The van der Waals surface area contributed by atoms with Crippen LogP contribution in [0.25, 0.3) is 22.3 Å². The van der Waals surface area contributed by atoms with Crippen LogP contribution in [0.1, 0.15) is 49.7 Å². The molecule has 2 aromatic heterocycles. The molecule has 33 heavy (non-hydrogen) atoms. The van der Waals surface area contributed by atoms with E-state index in [1.807, 2.05) is 43.5 Å². The zero-order valence-electron chi connectivity index (χ0n) is 19.3. The Hall–Kier alpha value is -2.41. The number of hydrogen-bond donors (Lipinski definition) is 0. The first kappa shape index (κ1) is 23.7. The van der Waals surface area contributed by atoms with Crippen molar-refractivity contribution in [2.45, 2.75) is 46.1 Å². The number of unbranched alkanes of at least 4 members (excludes halogenated alkanes) is 1. The van der Waals surface area contributed by atoms with E-state index in [9.17, 15) is 4.79 Å². The first-order valence-electron chi connectivity index (χ1n) is 10.8. The maximum atomic E-state index is 12.5. The largest absolute Gasteiger partial charge is 0.343 e. The minimum Gasteiger partial charge on any atom is -0.343 e. The molecule has 5 nitrogen and oxygen atoms in total. The number of allylic oxidation sites excluding steroid dienone is 1. The fraction of sp³-hybridized carbons (Fsp3) is 0.320. The third-order valence-corrected chi connectivity index (χ3v) is 7.55. The third kappa shape index (κ3) is 4.27. The number of likely N-dealkylation sites (N-methyl/N-ethyl adjacent to an activating group) is 1. The lowest BCUT2D eigenvalue weighted by Gasteiger charge is -2.27. The molecule has 0 atom stereocenters. The van der Waals surface area contributed by atoms with Gasteiger partial charge in [0.1, 0.15) is 11.2 Å². The molecule has 0 N–H and O–H groups in total. The molecule has 1 aliphatic heterocycles. The molecule has 0 unspecified atom stereocenters. The number of halogens is 2. The zero-order valence-corrected chi connectivity index (χ0v) is 21.6. The number of thiophene rings is 1. The molecule has 0 saturated carbocycles. The lowest BCUT2D eigenvalue weighted by atomic mass is 10.0. The third-order valence-electron chi connectivity index (χ3n) is 5.96.